The van der Waals surface area contributed by atoms with E-state index in [4.69, 9.17) is 9.47 Å². The second-order valence-corrected chi connectivity index (χ2v) is 9.54. The summed E-state index contributed by atoms with van der Waals surface area (Å²) in [6, 6.07) is 16.0. The van der Waals surface area contributed by atoms with E-state index in [1.54, 1.807) is 0 Å². The molecule has 1 saturated heterocycles. The molecule has 35 heavy (non-hydrogen) atoms. The summed E-state index contributed by atoms with van der Waals surface area (Å²) in [5.41, 5.74) is 4.63. The summed E-state index contributed by atoms with van der Waals surface area (Å²) in [6.45, 7) is 0.860. The van der Waals surface area contributed by atoms with Crippen LogP contribution >= 0.6 is 0 Å². The lowest BCUT2D eigenvalue weighted by atomic mass is 9.98. The molecule has 2 aromatic carbocycles. The molecule has 2 aromatic rings. The lowest BCUT2D eigenvalue weighted by molar-refractivity contribution is -0.149. The van der Waals surface area contributed by atoms with Crippen LogP contribution in [0.25, 0.3) is 11.1 Å². The average molecular weight is 479 g/mol. The van der Waals surface area contributed by atoms with Crippen LogP contribution in [0, 0.1) is 11.8 Å². The molecule has 2 amide bonds. The van der Waals surface area contributed by atoms with Gasteiger partial charge in [0.05, 0.1) is 5.92 Å². The number of hydrogen-bond acceptors (Lipinski definition) is 5. The highest BCUT2D eigenvalue weighted by Gasteiger charge is 2.38. The van der Waals surface area contributed by atoms with E-state index in [0.29, 0.717) is 25.9 Å². The lowest BCUT2D eigenvalue weighted by Crippen LogP contribution is -2.46. The maximum absolute atomic E-state index is 12.8. The van der Waals surface area contributed by atoms with Crippen molar-refractivity contribution < 1.29 is 29.0 Å². The Kier molecular flexibility index (Phi) is 6.72. The van der Waals surface area contributed by atoms with Gasteiger partial charge in [0, 0.05) is 31.0 Å². The first-order chi connectivity index (χ1) is 17.0. The van der Waals surface area contributed by atoms with Crippen molar-refractivity contribution in [2.75, 3.05) is 19.8 Å². The van der Waals surface area contributed by atoms with Crippen LogP contribution in [0.5, 0.6) is 0 Å². The van der Waals surface area contributed by atoms with Crippen molar-refractivity contribution in [3.63, 3.8) is 0 Å². The van der Waals surface area contributed by atoms with E-state index in [1.807, 2.05) is 24.3 Å². The minimum atomic E-state index is -1.00. The molecule has 0 bridgehead atoms. The number of alkyl carbamates (subject to hydrolysis) is 1. The van der Waals surface area contributed by atoms with Gasteiger partial charge in [0.2, 0.25) is 5.91 Å². The number of hydrogen-bond donors (Lipinski definition) is 3. The van der Waals surface area contributed by atoms with Crippen LogP contribution in [0.1, 0.15) is 42.7 Å². The number of carbonyl (C=O) groups excluding carboxylic acids is 2. The number of nitrogens with one attached hydrogen (secondary N) is 2. The summed E-state index contributed by atoms with van der Waals surface area (Å²) in [5, 5.41) is 15.0. The van der Waals surface area contributed by atoms with Crippen molar-refractivity contribution in [1.82, 2.24) is 10.6 Å². The SMILES string of the molecule is O=C(N[C@H]1CCC[C@H]1C(=O)NC[C@H]1CCO[C@H]1C(=O)O)OCC1c2ccccc2-c2ccccc21. The van der Waals surface area contributed by atoms with E-state index in [9.17, 15) is 19.5 Å². The van der Waals surface area contributed by atoms with Gasteiger partial charge in [0.15, 0.2) is 6.10 Å². The van der Waals surface area contributed by atoms with Crippen molar-refractivity contribution in [2.24, 2.45) is 11.8 Å². The van der Waals surface area contributed by atoms with Gasteiger partial charge in [-0.05, 0) is 41.5 Å². The highest BCUT2D eigenvalue weighted by molar-refractivity contribution is 5.81. The second-order valence-electron chi connectivity index (χ2n) is 9.54. The summed E-state index contributed by atoms with van der Waals surface area (Å²) in [5.74, 6) is -1.79. The van der Waals surface area contributed by atoms with Gasteiger partial charge < -0.3 is 25.2 Å². The maximum atomic E-state index is 12.8. The van der Waals surface area contributed by atoms with Gasteiger partial charge in [-0.2, -0.15) is 0 Å². The van der Waals surface area contributed by atoms with Crippen molar-refractivity contribution in [2.45, 2.75) is 43.7 Å². The number of benzene rings is 2. The Bertz CT molecular complexity index is 1070. The number of fused-ring (bicyclic) bond motifs is 3. The van der Waals surface area contributed by atoms with Crippen LogP contribution in [0.3, 0.4) is 0 Å². The van der Waals surface area contributed by atoms with E-state index in [2.05, 4.69) is 34.9 Å². The maximum Gasteiger partial charge on any atom is 0.407 e. The third-order valence-electron chi connectivity index (χ3n) is 7.50. The number of ether oxygens (including phenoxy) is 2. The van der Waals surface area contributed by atoms with Crippen molar-refractivity contribution >= 4 is 18.0 Å². The zero-order chi connectivity index (χ0) is 24.4. The van der Waals surface area contributed by atoms with E-state index < -0.39 is 18.2 Å². The number of rotatable bonds is 7. The Hall–Kier alpha value is -3.39. The molecule has 1 saturated carbocycles. The second kappa shape index (κ2) is 10.1. The molecule has 0 spiro atoms. The molecule has 184 valence electrons. The summed E-state index contributed by atoms with van der Waals surface area (Å²) in [4.78, 5) is 36.8. The van der Waals surface area contributed by atoms with Crippen molar-refractivity contribution in [3.05, 3.63) is 59.7 Å². The Morgan fingerprint density at radius 2 is 1.66 bits per heavy atom. The third-order valence-corrected chi connectivity index (χ3v) is 7.50. The molecule has 0 unspecified atom stereocenters. The Morgan fingerprint density at radius 3 is 2.34 bits per heavy atom. The summed E-state index contributed by atoms with van der Waals surface area (Å²) >= 11 is 0. The van der Waals surface area contributed by atoms with Crippen LogP contribution in [-0.4, -0.2) is 55.0 Å². The van der Waals surface area contributed by atoms with E-state index >= 15 is 0 Å². The standard InChI is InChI=1S/C27H30N2O6/c30-25(28-14-16-12-13-34-24(16)26(31)32)21-10-5-11-23(21)29-27(33)35-15-22-19-8-3-1-6-17(19)18-7-2-4-9-20(18)22/h1-4,6-9,16,21-24H,5,10-15H2,(H,28,30)(H,29,33)(H,31,32)/t16-,21-,23+,24-/m1/s1. The lowest BCUT2D eigenvalue weighted by Gasteiger charge is -2.22. The van der Waals surface area contributed by atoms with Gasteiger partial charge in [-0.15, -0.1) is 0 Å². The zero-order valence-corrected chi connectivity index (χ0v) is 19.4. The van der Waals surface area contributed by atoms with Crippen LogP contribution in [0.4, 0.5) is 4.79 Å². The van der Waals surface area contributed by atoms with E-state index in [0.717, 1.165) is 17.5 Å². The van der Waals surface area contributed by atoms with Gasteiger partial charge in [-0.25, -0.2) is 9.59 Å². The average Bonchev–Trinajstić information content (AvgIpc) is 3.59. The molecule has 3 N–H and O–H groups in total. The first-order valence-corrected chi connectivity index (χ1v) is 12.3. The summed E-state index contributed by atoms with van der Waals surface area (Å²) in [7, 11) is 0. The molecule has 2 aliphatic carbocycles. The normalized spacial score (nSPS) is 25.0. The summed E-state index contributed by atoms with van der Waals surface area (Å²) in [6.07, 6.45) is 1.40. The minimum Gasteiger partial charge on any atom is -0.479 e. The number of carboxylic acid groups (broad SMARTS) is 1. The highest BCUT2D eigenvalue weighted by atomic mass is 16.5. The molecular formula is C27H30N2O6. The highest BCUT2D eigenvalue weighted by Crippen LogP contribution is 2.44. The van der Waals surface area contributed by atoms with Crippen LogP contribution in [0.2, 0.25) is 0 Å². The van der Waals surface area contributed by atoms with Crippen LogP contribution in [0.15, 0.2) is 48.5 Å². The predicted octanol–water partition coefficient (Wildman–Crippen LogP) is 3.30. The fraction of sp³-hybridized carbons (Fsp3) is 0.444. The minimum absolute atomic E-state index is 0.0216. The van der Waals surface area contributed by atoms with Gasteiger partial charge >= 0.3 is 12.1 Å². The molecule has 1 aliphatic heterocycles. The number of carboxylic acids is 1. The monoisotopic (exact) mass is 478 g/mol. The number of aliphatic carboxylic acids is 1. The van der Waals surface area contributed by atoms with Crippen LogP contribution in [-0.2, 0) is 19.1 Å². The molecular weight excluding hydrogens is 448 g/mol. The first-order valence-electron chi connectivity index (χ1n) is 12.3. The summed E-state index contributed by atoms with van der Waals surface area (Å²) < 4.78 is 10.9. The molecule has 3 aliphatic rings. The van der Waals surface area contributed by atoms with E-state index in [-0.39, 0.29) is 42.9 Å². The molecule has 8 nitrogen and oxygen atoms in total. The van der Waals surface area contributed by atoms with E-state index in [1.165, 1.54) is 11.1 Å². The molecule has 5 rings (SSSR count). The third kappa shape index (κ3) is 4.75. The molecule has 2 fully saturated rings. The topological polar surface area (TPSA) is 114 Å². The Labute approximate surface area is 204 Å². The molecule has 4 atom stereocenters. The van der Waals surface area contributed by atoms with Gasteiger partial charge in [-0.3, -0.25) is 4.79 Å². The molecule has 1 heterocycles. The first kappa shape index (κ1) is 23.4. The number of carbonyl (C=O) groups is 3. The predicted molar refractivity (Wildman–Crippen MR) is 128 cm³/mol. The molecule has 0 radical (unpaired) electrons. The van der Waals surface area contributed by atoms with Gasteiger partial charge in [0.1, 0.15) is 6.61 Å². The van der Waals surface area contributed by atoms with Crippen LogP contribution < -0.4 is 10.6 Å². The Morgan fingerprint density at radius 1 is 0.971 bits per heavy atom. The zero-order valence-electron chi connectivity index (χ0n) is 19.4. The van der Waals surface area contributed by atoms with Gasteiger partial charge in [0.25, 0.3) is 0 Å². The largest absolute Gasteiger partial charge is 0.479 e. The van der Waals surface area contributed by atoms with Crippen molar-refractivity contribution in [1.29, 1.82) is 0 Å². The van der Waals surface area contributed by atoms with Gasteiger partial charge in [-0.1, -0.05) is 55.0 Å². The smallest absolute Gasteiger partial charge is 0.407 e. The van der Waals surface area contributed by atoms with Crippen molar-refractivity contribution in [3.8, 4) is 11.1 Å². The Balaban J connectivity index is 1.15. The molecule has 0 aromatic heterocycles. The fourth-order valence-electron chi connectivity index (χ4n) is 5.72. The fourth-order valence-corrected chi connectivity index (χ4v) is 5.72. The quantitative estimate of drug-likeness (QED) is 0.563. The number of amides is 2. The molecule has 8 heteroatoms.